The Morgan fingerprint density at radius 3 is 2.17 bits per heavy atom. The minimum atomic E-state index is -2.40. The Balaban J connectivity index is 4.42. The summed E-state index contributed by atoms with van der Waals surface area (Å²) in [5.41, 5.74) is -0.504. The van der Waals surface area contributed by atoms with Gasteiger partial charge in [0.05, 0.1) is 0 Å². The molecule has 0 fully saturated rings. The van der Waals surface area contributed by atoms with E-state index in [4.69, 9.17) is 0 Å². The van der Waals surface area contributed by atoms with Gasteiger partial charge in [0, 0.05) is 20.9 Å². The third-order valence-electron chi connectivity index (χ3n) is 1.43. The molecule has 12 heavy (non-hydrogen) atoms. The second-order valence-corrected chi connectivity index (χ2v) is 6.19. The molecule has 1 atom stereocenters. The van der Waals surface area contributed by atoms with Crippen molar-refractivity contribution in [3.05, 3.63) is 0 Å². The molecule has 0 aromatic heterocycles. The predicted molar refractivity (Wildman–Crippen MR) is 53.4 cm³/mol. The van der Waals surface area contributed by atoms with E-state index in [-0.39, 0.29) is 5.91 Å². The summed E-state index contributed by atoms with van der Waals surface area (Å²) < 4.78 is 13.8. The van der Waals surface area contributed by atoms with Crippen LogP contribution in [0.4, 0.5) is 0 Å². The van der Waals surface area contributed by atoms with Crippen LogP contribution in [-0.2, 0) is 14.5 Å². The summed E-state index contributed by atoms with van der Waals surface area (Å²) >= 11 is 0. The maximum Gasteiger partial charge on any atom is 0.236 e. The highest BCUT2D eigenvalue weighted by atomic mass is 32.2. The molecular weight excluding hydrogens is 174 g/mol. The molecule has 0 aromatic rings. The molecule has 0 aromatic carbocycles. The van der Waals surface area contributed by atoms with Gasteiger partial charge in [-0.2, -0.15) is 0 Å². The summed E-state index contributed by atoms with van der Waals surface area (Å²) in [5, 5.41) is 0. The number of nitrogens with one attached hydrogen (secondary N) is 1. The van der Waals surface area contributed by atoms with Crippen LogP contribution in [0.3, 0.4) is 0 Å². The van der Waals surface area contributed by atoms with Crippen molar-refractivity contribution in [1.82, 2.24) is 4.72 Å². The van der Waals surface area contributed by atoms with Gasteiger partial charge in [-0.05, 0) is 5.87 Å². The molecule has 0 bridgehead atoms. The number of carbonyl (C=O) groups is 1. The number of amides is 1. The van der Waals surface area contributed by atoms with Crippen LogP contribution < -0.4 is 4.72 Å². The van der Waals surface area contributed by atoms with E-state index in [1.54, 1.807) is 27.7 Å². The highest BCUT2D eigenvalue weighted by Gasteiger charge is 2.22. The second kappa shape index (κ2) is 3.47. The zero-order valence-electron chi connectivity index (χ0n) is 8.14. The molecule has 3 nitrogen and oxygen atoms in total. The monoisotopic (exact) mass is 191 g/mol. The van der Waals surface area contributed by atoms with Crippen molar-refractivity contribution in [2.75, 3.05) is 5.75 Å². The van der Waals surface area contributed by atoms with E-state index in [0.29, 0.717) is 5.75 Å². The quantitative estimate of drug-likeness (QED) is 0.656. The van der Waals surface area contributed by atoms with E-state index in [2.05, 4.69) is 10.6 Å². The Morgan fingerprint density at radius 1 is 1.50 bits per heavy atom. The van der Waals surface area contributed by atoms with Gasteiger partial charge < -0.3 is 0 Å². The van der Waals surface area contributed by atoms with Crippen LogP contribution >= 0.6 is 0 Å². The van der Waals surface area contributed by atoms with Crippen molar-refractivity contribution < 1.29 is 9.00 Å². The number of rotatable bonds is 2. The lowest BCUT2D eigenvalue weighted by Crippen LogP contribution is -2.39. The first-order chi connectivity index (χ1) is 5.19. The van der Waals surface area contributed by atoms with Crippen molar-refractivity contribution >= 4 is 21.5 Å². The first-order valence-corrected chi connectivity index (χ1v) is 5.76. The van der Waals surface area contributed by atoms with Crippen molar-refractivity contribution in [2.24, 2.45) is 5.41 Å². The minimum absolute atomic E-state index is 0.218. The van der Waals surface area contributed by atoms with E-state index < -0.39 is 15.1 Å². The van der Waals surface area contributed by atoms with Gasteiger partial charge in [-0.15, -0.1) is 0 Å². The Labute approximate surface area is 74.7 Å². The fourth-order valence-corrected chi connectivity index (χ4v) is 1.18. The van der Waals surface area contributed by atoms with Crippen LogP contribution in [0, 0.1) is 5.41 Å². The second-order valence-electron chi connectivity index (χ2n) is 3.78. The van der Waals surface area contributed by atoms with Crippen LogP contribution in [-0.4, -0.2) is 21.7 Å². The molecule has 0 aliphatic rings. The summed E-state index contributed by atoms with van der Waals surface area (Å²) in [6.45, 7) is 7.05. The van der Waals surface area contributed by atoms with Crippen LogP contribution in [0.5, 0.6) is 0 Å². The van der Waals surface area contributed by atoms with Crippen LogP contribution in [0.25, 0.3) is 0 Å². The van der Waals surface area contributed by atoms with Crippen molar-refractivity contribution in [3.63, 3.8) is 0 Å². The molecule has 0 rings (SSSR count). The first-order valence-electron chi connectivity index (χ1n) is 3.86. The van der Waals surface area contributed by atoms with Gasteiger partial charge in [0.25, 0.3) is 0 Å². The van der Waals surface area contributed by atoms with Crippen LogP contribution in [0.2, 0.25) is 0 Å². The molecular formula is C8H17NO2S. The smallest absolute Gasteiger partial charge is 0.236 e. The van der Waals surface area contributed by atoms with Crippen molar-refractivity contribution in [1.29, 1.82) is 0 Å². The van der Waals surface area contributed by atoms with E-state index in [9.17, 15) is 9.00 Å². The number of hydrogen-bond donors (Lipinski definition) is 1. The summed E-state index contributed by atoms with van der Waals surface area (Å²) in [6.07, 6.45) is 0. The first kappa shape index (κ1) is 11.5. The predicted octanol–water partition coefficient (Wildman–Crippen LogP) is 0.800. The van der Waals surface area contributed by atoms with Crippen molar-refractivity contribution in [2.45, 2.75) is 27.7 Å². The normalized spacial score (nSPS) is 16.7. The fourth-order valence-electron chi connectivity index (χ4n) is 0.394. The summed E-state index contributed by atoms with van der Waals surface area (Å²) in [7, 11) is -2.40. The van der Waals surface area contributed by atoms with E-state index in [1.165, 1.54) is 0 Å². The molecule has 1 unspecified atom stereocenters. The molecule has 0 saturated carbocycles. The maximum absolute atomic E-state index is 11.4. The molecule has 0 aliphatic heterocycles. The SMILES string of the molecule is C=S(=O)(CC)NC(=O)C(C)(C)C. The molecule has 72 valence electrons. The topological polar surface area (TPSA) is 46.2 Å². The summed E-state index contributed by atoms with van der Waals surface area (Å²) in [6, 6.07) is 0. The molecule has 0 aliphatic carbocycles. The van der Waals surface area contributed by atoms with E-state index in [0.717, 1.165) is 0 Å². The van der Waals surface area contributed by atoms with Crippen LogP contribution in [0.1, 0.15) is 27.7 Å². The molecule has 1 N–H and O–H groups in total. The number of hydrogen-bond acceptors (Lipinski definition) is 2. The lowest BCUT2D eigenvalue weighted by atomic mass is 9.96. The Hall–Kier alpha value is -0.510. The molecule has 0 heterocycles. The third kappa shape index (κ3) is 3.76. The van der Waals surface area contributed by atoms with E-state index >= 15 is 0 Å². The Bertz CT molecular complexity index is 259. The zero-order valence-corrected chi connectivity index (χ0v) is 8.96. The van der Waals surface area contributed by atoms with Gasteiger partial charge in [-0.25, -0.2) is 4.21 Å². The lowest BCUT2D eigenvalue weighted by Gasteiger charge is -2.19. The van der Waals surface area contributed by atoms with Gasteiger partial charge in [0.15, 0.2) is 0 Å². The molecule has 1 amide bonds. The van der Waals surface area contributed by atoms with Gasteiger partial charge >= 0.3 is 0 Å². The Kier molecular flexibility index (Phi) is 3.33. The molecule has 0 spiro atoms. The minimum Gasteiger partial charge on any atom is -0.283 e. The van der Waals surface area contributed by atoms with Crippen LogP contribution in [0.15, 0.2) is 0 Å². The lowest BCUT2D eigenvalue weighted by molar-refractivity contribution is -0.126. The largest absolute Gasteiger partial charge is 0.283 e. The Morgan fingerprint density at radius 2 is 1.92 bits per heavy atom. The average Bonchev–Trinajstić information content (AvgIpc) is 1.85. The van der Waals surface area contributed by atoms with Gasteiger partial charge in [0.2, 0.25) is 5.91 Å². The summed E-state index contributed by atoms with van der Waals surface area (Å²) in [5.74, 6) is 3.59. The standard InChI is InChI=1S/C8H17NO2S/c1-6-12(5,11)9-7(10)8(2,3)4/h5-6H2,1-4H3,(H,9,10,11). The third-order valence-corrected chi connectivity index (χ3v) is 2.92. The average molecular weight is 191 g/mol. The molecule has 0 saturated heterocycles. The summed E-state index contributed by atoms with van der Waals surface area (Å²) in [4.78, 5) is 11.3. The highest BCUT2D eigenvalue weighted by Crippen LogP contribution is 2.12. The van der Waals surface area contributed by atoms with Gasteiger partial charge in [0.1, 0.15) is 0 Å². The van der Waals surface area contributed by atoms with Crippen molar-refractivity contribution in [3.8, 4) is 0 Å². The molecule has 4 heteroatoms. The zero-order chi connectivity index (χ0) is 9.99. The molecule has 0 radical (unpaired) electrons. The maximum atomic E-state index is 11.4. The number of carbonyl (C=O) groups excluding carboxylic acids is 1. The van der Waals surface area contributed by atoms with Gasteiger partial charge in [-0.3, -0.25) is 9.52 Å². The fraction of sp³-hybridized carbons (Fsp3) is 0.750. The van der Waals surface area contributed by atoms with E-state index in [1.807, 2.05) is 0 Å². The van der Waals surface area contributed by atoms with Gasteiger partial charge in [-0.1, -0.05) is 27.7 Å². The highest BCUT2D eigenvalue weighted by molar-refractivity contribution is 7.98.